The number of H-pyrrole nitrogens is 1. The van der Waals surface area contributed by atoms with Crippen LogP contribution in [0.1, 0.15) is 26.7 Å². The van der Waals surface area contributed by atoms with Crippen molar-refractivity contribution in [3.05, 3.63) is 30.6 Å². The van der Waals surface area contributed by atoms with E-state index < -0.39 is 0 Å². The summed E-state index contributed by atoms with van der Waals surface area (Å²) in [5.41, 5.74) is 8.60. The Morgan fingerprint density at radius 1 is 1.29 bits per heavy atom. The van der Waals surface area contributed by atoms with Crippen molar-refractivity contribution in [2.75, 3.05) is 38.2 Å². The molecule has 1 saturated heterocycles. The number of carbonyl (C=O) groups excluding carboxylic acids is 1. The van der Waals surface area contributed by atoms with E-state index in [1.807, 2.05) is 38.1 Å². The first kappa shape index (κ1) is 22.5. The molecule has 9 heteroatoms. The Bertz CT molecular complexity index is 987. The molecule has 1 unspecified atom stereocenters. The van der Waals surface area contributed by atoms with Crippen LogP contribution in [-0.4, -0.2) is 59.1 Å². The van der Waals surface area contributed by atoms with Crippen LogP contribution in [0.5, 0.6) is 5.75 Å². The SMILES string of the molecule is CC.COc1ccc(-c2nc(N3CCCC(CNC(=O)CN)C3)nc3nc[nH]c23)cc1. The van der Waals surface area contributed by atoms with E-state index in [9.17, 15) is 4.79 Å². The van der Waals surface area contributed by atoms with Gasteiger partial charge in [0.15, 0.2) is 5.65 Å². The van der Waals surface area contributed by atoms with Crippen LogP contribution in [0, 0.1) is 5.92 Å². The fourth-order valence-corrected chi connectivity index (χ4v) is 3.66. The van der Waals surface area contributed by atoms with Crippen molar-refractivity contribution >= 4 is 23.0 Å². The smallest absolute Gasteiger partial charge is 0.233 e. The van der Waals surface area contributed by atoms with Crippen molar-refractivity contribution in [2.24, 2.45) is 11.7 Å². The summed E-state index contributed by atoms with van der Waals surface area (Å²) in [5.74, 6) is 1.66. The Hall–Kier alpha value is -3.20. The number of benzene rings is 1. The summed E-state index contributed by atoms with van der Waals surface area (Å²) < 4.78 is 5.26. The number of nitrogens with one attached hydrogen (secondary N) is 2. The monoisotopic (exact) mass is 425 g/mol. The largest absolute Gasteiger partial charge is 0.497 e. The summed E-state index contributed by atoms with van der Waals surface area (Å²) in [6.45, 7) is 6.28. The van der Waals surface area contributed by atoms with E-state index in [0.29, 0.717) is 24.1 Å². The second kappa shape index (κ2) is 10.7. The van der Waals surface area contributed by atoms with E-state index in [2.05, 4.69) is 25.2 Å². The molecular weight excluding hydrogens is 394 g/mol. The first-order valence-corrected chi connectivity index (χ1v) is 10.7. The van der Waals surface area contributed by atoms with E-state index in [-0.39, 0.29) is 12.5 Å². The summed E-state index contributed by atoms with van der Waals surface area (Å²) in [7, 11) is 1.65. The lowest BCUT2D eigenvalue weighted by Crippen LogP contribution is -2.42. The maximum absolute atomic E-state index is 11.5. The minimum Gasteiger partial charge on any atom is -0.497 e. The van der Waals surface area contributed by atoms with Gasteiger partial charge in [-0.15, -0.1) is 0 Å². The molecule has 0 spiro atoms. The van der Waals surface area contributed by atoms with E-state index >= 15 is 0 Å². The summed E-state index contributed by atoms with van der Waals surface area (Å²) in [6, 6.07) is 7.78. The van der Waals surface area contributed by atoms with E-state index in [0.717, 1.165) is 48.5 Å². The van der Waals surface area contributed by atoms with Crippen molar-refractivity contribution < 1.29 is 9.53 Å². The van der Waals surface area contributed by atoms with Gasteiger partial charge in [0, 0.05) is 25.2 Å². The lowest BCUT2D eigenvalue weighted by atomic mass is 9.98. The van der Waals surface area contributed by atoms with Crippen LogP contribution in [-0.2, 0) is 4.79 Å². The molecule has 9 nitrogen and oxygen atoms in total. The van der Waals surface area contributed by atoms with E-state index in [4.69, 9.17) is 15.5 Å². The third-order valence-corrected chi connectivity index (χ3v) is 5.21. The molecule has 2 aromatic heterocycles. The molecule has 1 fully saturated rings. The van der Waals surface area contributed by atoms with Gasteiger partial charge in [0.25, 0.3) is 0 Å². The lowest BCUT2D eigenvalue weighted by Gasteiger charge is -2.33. The standard InChI is InChI=1S/C20H25N7O2.C2H6/c1-29-15-6-4-14(5-7-15)17-18-19(24-12-23-18)26-20(25-17)27-8-2-3-13(11-27)10-22-16(28)9-21;1-2/h4-7,12-13H,2-3,8-11,21H2,1H3,(H,22,28)(H,23,24,25,26);1-2H3. The third-order valence-electron chi connectivity index (χ3n) is 5.21. The Kier molecular flexibility index (Phi) is 7.77. The molecule has 1 atom stereocenters. The highest BCUT2D eigenvalue weighted by Crippen LogP contribution is 2.29. The van der Waals surface area contributed by atoms with Gasteiger partial charge in [-0.3, -0.25) is 4.79 Å². The van der Waals surface area contributed by atoms with E-state index in [1.54, 1.807) is 13.4 Å². The first-order chi connectivity index (χ1) is 15.2. The van der Waals surface area contributed by atoms with Gasteiger partial charge >= 0.3 is 0 Å². The molecule has 4 N–H and O–H groups in total. The molecule has 0 saturated carbocycles. The highest BCUT2D eigenvalue weighted by atomic mass is 16.5. The van der Waals surface area contributed by atoms with Gasteiger partial charge < -0.3 is 25.7 Å². The topological polar surface area (TPSA) is 122 Å². The molecule has 0 bridgehead atoms. The summed E-state index contributed by atoms with van der Waals surface area (Å²) >= 11 is 0. The second-order valence-corrected chi connectivity index (χ2v) is 7.16. The lowest BCUT2D eigenvalue weighted by molar-refractivity contribution is -0.119. The molecule has 1 aromatic carbocycles. The predicted molar refractivity (Wildman–Crippen MR) is 122 cm³/mol. The van der Waals surface area contributed by atoms with Crippen LogP contribution in [0.3, 0.4) is 0 Å². The molecular formula is C22H31N7O2. The van der Waals surface area contributed by atoms with Gasteiger partial charge in [0.2, 0.25) is 11.9 Å². The van der Waals surface area contributed by atoms with Crippen LogP contribution < -0.4 is 20.7 Å². The predicted octanol–water partition coefficient (Wildman–Crippen LogP) is 2.35. The van der Waals surface area contributed by atoms with Crippen molar-refractivity contribution in [3.63, 3.8) is 0 Å². The number of nitrogens with zero attached hydrogens (tertiary/aromatic N) is 4. The average molecular weight is 426 g/mol. The summed E-state index contributed by atoms with van der Waals surface area (Å²) in [5, 5.41) is 2.89. The molecule has 31 heavy (non-hydrogen) atoms. The van der Waals surface area contributed by atoms with Crippen LogP contribution in [0.2, 0.25) is 0 Å². The fraction of sp³-hybridized carbons (Fsp3) is 0.455. The number of aromatic nitrogens is 4. The van der Waals surface area contributed by atoms with Gasteiger partial charge in [0.05, 0.1) is 20.0 Å². The van der Waals surface area contributed by atoms with Gasteiger partial charge in [-0.2, -0.15) is 4.98 Å². The zero-order chi connectivity index (χ0) is 22.2. The Labute approximate surface area is 182 Å². The number of rotatable bonds is 6. The molecule has 0 aliphatic carbocycles. The number of imidazole rings is 1. The molecule has 166 valence electrons. The molecule has 1 amide bonds. The number of nitrogens with two attached hydrogens (primary N) is 1. The van der Waals surface area contributed by atoms with E-state index in [1.165, 1.54) is 0 Å². The number of amides is 1. The highest BCUT2D eigenvalue weighted by molar-refractivity contribution is 5.88. The number of hydrogen-bond donors (Lipinski definition) is 3. The van der Waals surface area contributed by atoms with Crippen molar-refractivity contribution in [1.82, 2.24) is 25.3 Å². The molecule has 3 heterocycles. The minimum atomic E-state index is -0.127. The maximum Gasteiger partial charge on any atom is 0.233 e. The molecule has 0 radical (unpaired) electrons. The molecule has 4 rings (SSSR count). The van der Waals surface area contributed by atoms with Crippen LogP contribution in [0.15, 0.2) is 30.6 Å². The second-order valence-electron chi connectivity index (χ2n) is 7.16. The van der Waals surface area contributed by atoms with Crippen molar-refractivity contribution in [1.29, 1.82) is 0 Å². The summed E-state index contributed by atoms with van der Waals surface area (Å²) in [4.78, 5) is 30.7. The molecule has 3 aromatic rings. The zero-order valence-corrected chi connectivity index (χ0v) is 18.4. The van der Waals surface area contributed by atoms with Crippen LogP contribution in [0.4, 0.5) is 5.95 Å². The third kappa shape index (κ3) is 5.29. The van der Waals surface area contributed by atoms with Gasteiger partial charge in [-0.25, -0.2) is 9.97 Å². The normalized spacial score (nSPS) is 15.9. The zero-order valence-electron chi connectivity index (χ0n) is 18.4. The van der Waals surface area contributed by atoms with Crippen LogP contribution >= 0.6 is 0 Å². The number of carbonyl (C=O) groups is 1. The number of methoxy groups -OCH3 is 1. The molecule has 1 aliphatic heterocycles. The Morgan fingerprint density at radius 3 is 2.77 bits per heavy atom. The number of ether oxygens (including phenoxy) is 1. The van der Waals surface area contributed by atoms with Crippen LogP contribution in [0.25, 0.3) is 22.4 Å². The number of fused-ring (bicyclic) bond motifs is 1. The van der Waals surface area contributed by atoms with Gasteiger partial charge in [-0.05, 0) is 43.0 Å². The van der Waals surface area contributed by atoms with Gasteiger partial charge in [-0.1, -0.05) is 13.8 Å². The fourth-order valence-electron chi connectivity index (χ4n) is 3.66. The first-order valence-electron chi connectivity index (χ1n) is 10.7. The minimum absolute atomic E-state index is 0.0145. The average Bonchev–Trinajstić information content (AvgIpc) is 3.32. The maximum atomic E-state index is 11.5. The molecule has 1 aliphatic rings. The number of anilines is 1. The Morgan fingerprint density at radius 2 is 2.06 bits per heavy atom. The number of piperidine rings is 1. The van der Waals surface area contributed by atoms with Crippen molar-refractivity contribution in [3.8, 4) is 17.0 Å². The number of aromatic amines is 1. The number of hydrogen-bond acceptors (Lipinski definition) is 7. The summed E-state index contributed by atoms with van der Waals surface area (Å²) in [6.07, 6.45) is 3.71. The quantitative estimate of drug-likeness (QED) is 0.554. The van der Waals surface area contributed by atoms with Crippen molar-refractivity contribution in [2.45, 2.75) is 26.7 Å². The van der Waals surface area contributed by atoms with Gasteiger partial charge in [0.1, 0.15) is 17.0 Å². The Balaban J connectivity index is 0.00000132. The highest BCUT2D eigenvalue weighted by Gasteiger charge is 2.24.